The van der Waals surface area contributed by atoms with Crippen molar-refractivity contribution in [2.45, 2.75) is 12.5 Å². The molecule has 1 heterocycles. The van der Waals surface area contributed by atoms with Crippen LogP contribution in [0.2, 0.25) is 0 Å². The second-order valence-corrected chi connectivity index (χ2v) is 5.48. The van der Waals surface area contributed by atoms with Gasteiger partial charge in [-0.1, -0.05) is 31.9 Å². The zero-order valence-corrected chi connectivity index (χ0v) is 11.7. The quantitative estimate of drug-likeness (QED) is 0.912. The summed E-state index contributed by atoms with van der Waals surface area (Å²) in [5, 5.41) is 0. The van der Waals surface area contributed by atoms with E-state index in [1.54, 1.807) is 12.5 Å². The van der Waals surface area contributed by atoms with Gasteiger partial charge in [-0.05, 0) is 41.8 Å². The Morgan fingerprint density at radius 3 is 2.44 bits per heavy atom. The van der Waals surface area contributed by atoms with Crippen molar-refractivity contribution in [3.05, 3.63) is 56.9 Å². The molecule has 0 bridgehead atoms. The Morgan fingerprint density at radius 1 is 1.19 bits per heavy atom. The Morgan fingerprint density at radius 2 is 1.88 bits per heavy atom. The van der Waals surface area contributed by atoms with Crippen molar-refractivity contribution in [3.63, 3.8) is 0 Å². The molecule has 2 rings (SSSR count). The number of hydrogen-bond acceptors (Lipinski definition) is 2. The summed E-state index contributed by atoms with van der Waals surface area (Å²) in [5.74, 6) is 0. The van der Waals surface area contributed by atoms with Crippen molar-refractivity contribution in [2.75, 3.05) is 0 Å². The molecule has 2 nitrogen and oxygen atoms in total. The highest BCUT2D eigenvalue weighted by Gasteiger charge is 2.09. The number of nitrogens with two attached hydrogens (primary N) is 1. The molecule has 0 fully saturated rings. The summed E-state index contributed by atoms with van der Waals surface area (Å²) in [5.41, 5.74) is 8.35. The van der Waals surface area contributed by atoms with Crippen molar-refractivity contribution in [1.82, 2.24) is 0 Å². The van der Waals surface area contributed by atoms with Crippen molar-refractivity contribution in [3.8, 4) is 0 Å². The Bertz CT molecular complexity index is 448. The first-order chi connectivity index (χ1) is 7.65. The van der Waals surface area contributed by atoms with E-state index in [1.807, 2.05) is 24.3 Å². The predicted octanol–water partition coefficient (Wildman–Crippen LogP) is 4.05. The van der Waals surface area contributed by atoms with Crippen LogP contribution < -0.4 is 5.73 Å². The molecule has 1 unspecified atom stereocenters. The monoisotopic (exact) mass is 343 g/mol. The Hall–Kier alpha value is -0.580. The number of hydrogen-bond donors (Lipinski definition) is 1. The van der Waals surface area contributed by atoms with Crippen LogP contribution in [-0.4, -0.2) is 0 Å². The molecule has 0 spiro atoms. The fourth-order valence-corrected chi connectivity index (χ4v) is 2.90. The van der Waals surface area contributed by atoms with E-state index in [-0.39, 0.29) is 6.04 Å². The molecule has 2 N–H and O–H groups in total. The lowest BCUT2D eigenvalue weighted by Gasteiger charge is -2.11. The van der Waals surface area contributed by atoms with Crippen LogP contribution >= 0.6 is 31.9 Å². The van der Waals surface area contributed by atoms with E-state index >= 15 is 0 Å². The van der Waals surface area contributed by atoms with Gasteiger partial charge in [-0.25, -0.2) is 0 Å². The lowest BCUT2D eigenvalue weighted by Crippen LogP contribution is -2.13. The third-order valence-electron chi connectivity index (χ3n) is 2.35. The molecular weight excluding hydrogens is 334 g/mol. The number of furan rings is 1. The molecule has 2 aromatic rings. The van der Waals surface area contributed by atoms with E-state index in [4.69, 9.17) is 10.2 Å². The van der Waals surface area contributed by atoms with Crippen LogP contribution in [0.1, 0.15) is 17.2 Å². The third kappa shape index (κ3) is 2.97. The maximum Gasteiger partial charge on any atom is 0.0935 e. The molecule has 0 amide bonds. The van der Waals surface area contributed by atoms with Crippen LogP contribution in [0, 0.1) is 0 Å². The normalized spacial score (nSPS) is 12.7. The fraction of sp³-hybridized carbons (Fsp3) is 0.167. The molecule has 0 saturated heterocycles. The van der Waals surface area contributed by atoms with Crippen LogP contribution in [0.3, 0.4) is 0 Å². The molecule has 84 valence electrons. The fourth-order valence-electron chi connectivity index (χ4n) is 1.57. The van der Waals surface area contributed by atoms with Gasteiger partial charge in [0.2, 0.25) is 0 Å². The maximum atomic E-state index is 6.14. The summed E-state index contributed by atoms with van der Waals surface area (Å²) >= 11 is 6.91. The SMILES string of the molecule is NC(Cc1ccoc1)c1cc(Br)cc(Br)c1. The second kappa shape index (κ2) is 5.17. The first-order valence-corrected chi connectivity index (χ1v) is 6.46. The number of halogens is 2. The van der Waals surface area contributed by atoms with Gasteiger partial charge < -0.3 is 10.2 Å². The highest BCUT2D eigenvalue weighted by atomic mass is 79.9. The van der Waals surface area contributed by atoms with Crippen LogP contribution in [0.15, 0.2) is 50.2 Å². The van der Waals surface area contributed by atoms with Gasteiger partial charge in [-0.2, -0.15) is 0 Å². The van der Waals surface area contributed by atoms with Crippen LogP contribution in [0.25, 0.3) is 0 Å². The third-order valence-corrected chi connectivity index (χ3v) is 3.26. The van der Waals surface area contributed by atoms with Gasteiger partial charge in [0.15, 0.2) is 0 Å². The summed E-state index contributed by atoms with van der Waals surface area (Å²) in [7, 11) is 0. The standard InChI is InChI=1S/C12H11Br2NO/c13-10-4-9(5-11(14)6-10)12(15)3-8-1-2-16-7-8/h1-2,4-7,12H,3,15H2. The van der Waals surface area contributed by atoms with Crippen molar-refractivity contribution in [2.24, 2.45) is 5.73 Å². The van der Waals surface area contributed by atoms with Gasteiger partial charge in [-0.3, -0.25) is 0 Å². The molecule has 0 saturated carbocycles. The van der Waals surface area contributed by atoms with E-state index < -0.39 is 0 Å². The first-order valence-electron chi connectivity index (χ1n) is 4.88. The van der Waals surface area contributed by atoms with Crippen molar-refractivity contribution >= 4 is 31.9 Å². The second-order valence-electron chi connectivity index (χ2n) is 3.64. The highest BCUT2D eigenvalue weighted by Crippen LogP contribution is 2.25. The zero-order chi connectivity index (χ0) is 11.5. The number of benzene rings is 1. The van der Waals surface area contributed by atoms with Crippen LogP contribution in [0.5, 0.6) is 0 Å². The van der Waals surface area contributed by atoms with Gasteiger partial charge in [-0.15, -0.1) is 0 Å². The summed E-state index contributed by atoms with van der Waals surface area (Å²) < 4.78 is 7.08. The molecule has 0 aliphatic carbocycles. The average Bonchev–Trinajstić information content (AvgIpc) is 2.68. The smallest absolute Gasteiger partial charge is 0.0935 e. The van der Waals surface area contributed by atoms with Gasteiger partial charge in [0.25, 0.3) is 0 Å². The van der Waals surface area contributed by atoms with Gasteiger partial charge in [0.05, 0.1) is 12.5 Å². The molecule has 0 aliphatic rings. The lowest BCUT2D eigenvalue weighted by atomic mass is 10.0. The Labute approximate surface area is 111 Å². The maximum absolute atomic E-state index is 6.14. The summed E-state index contributed by atoms with van der Waals surface area (Å²) in [6.07, 6.45) is 4.17. The van der Waals surface area contributed by atoms with E-state index in [1.165, 1.54) is 0 Å². The summed E-state index contributed by atoms with van der Waals surface area (Å²) in [4.78, 5) is 0. The first kappa shape index (κ1) is 11.9. The molecule has 0 aliphatic heterocycles. The Balaban J connectivity index is 2.17. The lowest BCUT2D eigenvalue weighted by molar-refractivity contribution is 0.561. The largest absolute Gasteiger partial charge is 0.472 e. The number of rotatable bonds is 3. The van der Waals surface area contributed by atoms with Gasteiger partial charge in [0, 0.05) is 15.0 Å². The van der Waals surface area contributed by atoms with E-state index in [0.29, 0.717) is 0 Å². The van der Waals surface area contributed by atoms with E-state index in [0.717, 1.165) is 26.5 Å². The zero-order valence-electron chi connectivity index (χ0n) is 8.49. The molecule has 1 atom stereocenters. The predicted molar refractivity (Wildman–Crippen MR) is 71.2 cm³/mol. The van der Waals surface area contributed by atoms with E-state index in [2.05, 4.69) is 31.9 Å². The molecule has 1 aromatic carbocycles. The molecule has 16 heavy (non-hydrogen) atoms. The van der Waals surface area contributed by atoms with E-state index in [9.17, 15) is 0 Å². The van der Waals surface area contributed by atoms with Gasteiger partial charge >= 0.3 is 0 Å². The highest BCUT2D eigenvalue weighted by molar-refractivity contribution is 9.11. The topological polar surface area (TPSA) is 39.2 Å². The minimum atomic E-state index is -0.0219. The molecule has 0 radical (unpaired) electrons. The van der Waals surface area contributed by atoms with Gasteiger partial charge in [0.1, 0.15) is 0 Å². The Kier molecular flexibility index (Phi) is 3.84. The van der Waals surface area contributed by atoms with Crippen LogP contribution in [-0.2, 0) is 6.42 Å². The molecular formula is C12H11Br2NO. The van der Waals surface area contributed by atoms with Crippen molar-refractivity contribution in [1.29, 1.82) is 0 Å². The summed E-state index contributed by atoms with van der Waals surface area (Å²) in [6, 6.07) is 7.98. The minimum absolute atomic E-state index is 0.0219. The minimum Gasteiger partial charge on any atom is -0.472 e. The average molecular weight is 345 g/mol. The molecule has 1 aromatic heterocycles. The van der Waals surface area contributed by atoms with Crippen molar-refractivity contribution < 1.29 is 4.42 Å². The molecule has 4 heteroatoms. The van der Waals surface area contributed by atoms with Crippen LogP contribution in [0.4, 0.5) is 0 Å². The summed E-state index contributed by atoms with van der Waals surface area (Å²) in [6.45, 7) is 0.